The molecule has 2 N–H and O–H groups in total. The first-order valence-corrected chi connectivity index (χ1v) is 8.43. The number of nitrogens with one attached hydrogen (secondary N) is 2. The number of ether oxygens (including phenoxy) is 2. The summed E-state index contributed by atoms with van der Waals surface area (Å²) >= 11 is 0. The van der Waals surface area contributed by atoms with E-state index in [2.05, 4.69) is 20.6 Å². The maximum atomic E-state index is 12.9. The van der Waals surface area contributed by atoms with Gasteiger partial charge in [-0.25, -0.2) is 14.4 Å². The van der Waals surface area contributed by atoms with Crippen molar-refractivity contribution >= 4 is 17.5 Å². The summed E-state index contributed by atoms with van der Waals surface area (Å²) in [6.07, 6.45) is 2.84. The van der Waals surface area contributed by atoms with Crippen LogP contribution in [0, 0.1) is 5.82 Å². The smallest absolute Gasteiger partial charge is 0.254 e. The number of methoxy groups -OCH3 is 2. The van der Waals surface area contributed by atoms with Crippen molar-refractivity contribution in [1.29, 1.82) is 0 Å². The van der Waals surface area contributed by atoms with E-state index in [1.807, 2.05) is 6.07 Å². The van der Waals surface area contributed by atoms with Crippen molar-refractivity contribution in [2.24, 2.45) is 0 Å². The molecule has 3 rings (SSSR count). The summed E-state index contributed by atoms with van der Waals surface area (Å²) in [4.78, 5) is 20.5. The Hall–Kier alpha value is -3.68. The lowest BCUT2D eigenvalue weighted by molar-refractivity contribution is 0.0950. The van der Waals surface area contributed by atoms with Gasteiger partial charge >= 0.3 is 0 Å². The zero-order valence-corrected chi connectivity index (χ0v) is 15.4. The molecule has 3 aromatic rings. The van der Waals surface area contributed by atoms with E-state index in [1.54, 1.807) is 38.5 Å². The molecule has 1 heterocycles. The molecule has 0 aliphatic carbocycles. The summed E-state index contributed by atoms with van der Waals surface area (Å²) in [5, 5.41) is 5.73. The molecule has 2 aromatic carbocycles. The number of carbonyl (C=O) groups excluding carboxylic acids is 1. The van der Waals surface area contributed by atoms with Gasteiger partial charge in [0.15, 0.2) is 11.5 Å². The molecule has 28 heavy (non-hydrogen) atoms. The number of benzene rings is 2. The number of hydrogen-bond acceptors (Lipinski definition) is 6. The Balaban J connectivity index is 1.59. The molecule has 0 spiro atoms. The normalized spacial score (nSPS) is 10.2. The van der Waals surface area contributed by atoms with Crippen LogP contribution in [0.15, 0.2) is 54.9 Å². The lowest BCUT2D eigenvalue weighted by Crippen LogP contribution is -2.23. The molecule has 7 nitrogen and oxygen atoms in total. The fraction of sp³-hybridized carbons (Fsp3) is 0.150. The van der Waals surface area contributed by atoms with Gasteiger partial charge in [0.25, 0.3) is 5.91 Å². The molecular weight excluding hydrogens is 363 g/mol. The highest BCUT2D eigenvalue weighted by Gasteiger charge is 2.09. The van der Waals surface area contributed by atoms with Crippen LogP contribution in [0.4, 0.5) is 16.0 Å². The van der Waals surface area contributed by atoms with Crippen LogP contribution >= 0.6 is 0 Å². The van der Waals surface area contributed by atoms with Crippen LogP contribution in [0.5, 0.6) is 11.5 Å². The fourth-order valence-corrected chi connectivity index (χ4v) is 2.45. The number of carbonyl (C=O) groups is 1. The molecule has 0 aliphatic rings. The molecular formula is C20H19FN4O3. The Morgan fingerprint density at radius 3 is 2.32 bits per heavy atom. The molecule has 0 saturated carbocycles. The lowest BCUT2D eigenvalue weighted by Gasteiger charge is -2.10. The molecule has 0 bridgehead atoms. The SMILES string of the molecule is COc1ccc(CNC(=O)c2cnc(Nc3ccc(F)cc3)nc2)cc1OC. The number of anilines is 2. The van der Waals surface area contributed by atoms with Crippen molar-refractivity contribution in [3.05, 3.63) is 71.8 Å². The minimum Gasteiger partial charge on any atom is -0.493 e. The van der Waals surface area contributed by atoms with Gasteiger partial charge in [-0.15, -0.1) is 0 Å². The standard InChI is InChI=1S/C20H19FN4O3/c1-27-17-8-3-13(9-18(17)28-2)10-22-19(26)14-11-23-20(24-12-14)25-16-6-4-15(21)5-7-16/h3-9,11-12H,10H2,1-2H3,(H,22,26)(H,23,24,25). The van der Waals surface area contributed by atoms with Crippen LogP contribution in [-0.2, 0) is 6.54 Å². The van der Waals surface area contributed by atoms with Crippen LogP contribution in [0.1, 0.15) is 15.9 Å². The third-order valence-electron chi connectivity index (χ3n) is 3.92. The summed E-state index contributed by atoms with van der Waals surface area (Å²) in [5.41, 5.74) is 1.83. The van der Waals surface area contributed by atoms with Gasteiger partial charge in [0.1, 0.15) is 5.82 Å². The van der Waals surface area contributed by atoms with E-state index in [0.29, 0.717) is 35.2 Å². The van der Waals surface area contributed by atoms with Crippen LogP contribution in [0.25, 0.3) is 0 Å². The number of halogens is 1. The van der Waals surface area contributed by atoms with E-state index < -0.39 is 0 Å². The average Bonchev–Trinajstić information content (AvgIpc) is 2.74. The van der Waals surface area contributed by atoms with Gasteiger partial charge in [-0.2, -0.15) is 0 Å². The van der Waals surface area contributed by atoms with E-state index in [-0.39, 0.29) is 11.7 Å². The van der Waals surface area contributed by atoms with Gasteiger partial charge in [-0.1, -0.05) is 6.07 Å². The molecule has 144 valence electrons. The van der Waals surface area contributed by atoms with Crippen molar-refractivity contribution in [1.82, 2.24) is 15.3 Å². The minimum atomic E-state index is -0.326. The number of nitrogens with zero attached hydrogens (tertiary/aromatic N) is 2. The monoisotopic (exact) mass is 382 g/mol. The first-order chi connectivity index (χ1) is 13.6. The van der Waals surface area contributed by atoms with Crippen LogP contribution in [-0.4, -0.2) is 30.1 Å². The summed E-state index contributed by atoms with van der Waals surface area (Å²) in [7, 11) is 3.12. The van der Waals surface area contributed by atoms with Crippen LogP contribution < -0.4 is 20.1 Å². The van der Waals surface area contributed by atoms with Crippen LogP contribution in [0.3, 0.4) is 0 Å². The summed E-state index contributed by atoms with van der Waals surface area (Å²) in [6, 6.07) is 11.2. The van der Waals surface area contributed by atoms with Gasteiger partial charge in [0.05, 0.1) is 19.8 Å². The highest BCUT2D eigenvalue weighted by molar-refractivity contribution is 5.93. The minimum absolute atomic E-state index is 0.303. The van der Waals surface area contributed by atoms with Gasteiger partial charge in [-0.3, -0.25) is 4.79 Å². The molecule has 0 radical (unpaired) electrons. The molecule has 0 fully saturated rings. The Morgan fingerprint density at radius 1 is 1.00 bits per heavy atom. The zero-order chi connectivity index (χ0) is 19.9. The molecule has 0 saturated heterocycles. The maximum absolute atomic E-state index is 12.9. The van der Waals surface area contributed by atoms with E-state index in [4.69, 9.17) is 9.47 Å². The molecule has 8 heteroatoms. The average molecular weight is 382 g/mol. The maximum Gasteiger partial charge on any atom is 0.254 e. The predicted octanol–water partition coefficient (Wildman–Crippen LogP) is 3.31. The van der Waals surface area contributed by atoms with Crippen molar-refractivity contribution < 1.29 is 18.7 Å². The number of amides is 1. The van der Waals surface area contributed by atoms with E-state index in [9.17, 15) is 9.18 Å². The molecule has 0 unspecified atom stereocenters. The largest absolute Gasteiger partial charge is 0.493 e. The molecule has 0 atom stereocenters. The number of aromatic nitrogens is 2. The predicted molar refractivity (Wildman–Crippen MR) is 102 cm³/mol. The van der Waals surface area contributed by atoms with E-state index in [1.165, 1.54) is 24.5 Å². The van der Waals surface area contributed by atoms with Gasteiger partial charge in [0.2, 0.25) is 5.95 Å². The third kappa shape index (κ3) is 4.73. The highest BCUT2D eigenvalue weighted by Crippen LogP contribution is 2.27. The Bertz CT molecular complexity index is 947. The van der Waals surface area contributed by atoms with Gasteiger partial charge < -0.3 is 20.1 Å². The Labute approximate surface area is 161 Å². The molecule has 1 aromatic heterocycles. The van der Waals surface area contributed by atoms with Crippen molar-refractivity contribution in [3.8, 4) is 11.5 Å². The van der Waals surface area contributed by atoms with E-state index >= 15 is 0 Å². The molecule has 0 aliphatic heterocycles. The first kappa shape index (κ1) is 19.1. The van der Waals surface area contributed by atoms with Gasteiger partial charge in [-0.05, 0) is 42.0 Å². The quantitative estimate of drug-likeness (QED) is 0.652. The van der Waals surface area contributed by atoms with E-state index in [0.717, 1.165) is 5.56 Å². The lowest BCUT2D eigenvalue weighted by atomic mass is 10.2. The number of hydrogen-bond donors (Lipinski definition) is 2. The second-order valence-electron chi connectivity index (χ2n) is 5.80. The molecule has 1 amide bonds. The Kier molecular flexibility index (Phi) is 6.01. The van der Waals surface area contributed by atoms with Crippen molar-refractivity contribution in [3.63, 3.8) is 0 Å². The van der Waals surface area contributed by atoms with Crippen molar-refractivity contribution in [2.45, 2.75) is 6.54 Å². The second-order valence-corrected chi connectivity index (χ2v) is 5.80. The number of rotatable bonds is 7. The van der Waals surface area contributed by atoms with Crippen LogP contribution in [0.2, 0.25) is 0 Å². The Morgan fingerprint density at radius 2 is 1.68 bits per heavy atom. The van der Waals surface area contributed by atoms with Crippen molar-refractivity contribution in [2.75, 3.05) is 19.5 Å². The zero-order valence-electron chi connectivity index (χ0n) is 15.4. The summed E-state index contributed by atoms with van der Waals surface area (Å²) < 4.78 is 23.4. The summed E-state index contributed by atoms with van der Waals surface area (Å²) in [5.74, 6) is 0.892. The fourth-order valence-electron chi connectivity index (χ4n) is 2.45. The van der Waals surface area contributed by atoms with Gasteiger partial charge in [0, 0.05) is 24.6 Å². The second kappa shape index (κ2) is 8.81. The topological polar surface area (TPSA) is 85.4 Å². The first-order valence-electron chi connectivity index (χ1n) is 8.43. The summed E-state index contributed by atoms with van der Waals surface area (Å²) in [6.45, 7) is 0.314. The third-order valence-corrected chi connectivity index (χ3v) is 3.92. The highest BCUT2D eigenvalue weighted by atomic mass is 19.1.